The fraction of sp³-hybridized carbons (Fsp3) is 0.500. The molecule has 0 amide bonds. The Hall–Kier alpha value is 0.01000. The number of halogens is 3. The van der Waals surface area contributed by atoms with Crippen molar-refractivity contribution in [3.63, 3.8) is 0 Å². The largest absolute Gasteiger partial charge is 0.306 e. The van der Waals surface area contributed by atoms with E-state index in [4.69, 9.17) is 34.8 Å². The van der Waals surface area contributed by atoms with Gasteiger partial charge >= 0.3 is 0 Å². The van der Waals surface area contributed by atoms with E-state index < -0.39 is 5.12 Å². The van der Waals surface area contributed by atoms with Crippen LogP contribution in [0.5, 0.6) is 0 Å². The van der Waals surface area contributed by atoms with Gasteiger partial charge in [-0.05, 0) is 30.1 Å². The first kappa shape index (κ1) is 8.11. The number of amidine groups is 2. The Labute approximate surface area is 73.1 Å². The molecule has 0 aromatic heterocycles. The van der Waals surface area contributed by atoms with E-state index in [0.717, 1.165) is 0 Å². The van der Waals surface area contributed by atoms with Gasteiger partial charge in [-0.15, -0.1) is 0 Å². The zero-order chi connectivity index (χ0) is 7.78. The second-order valence-corrected chi connectivity index (χ2v) is 3.27. The number of nitrogens with one attached hydrogen (secondary N) is 1. The summed E-state index contributed by atoms with van der Waals surface area (Å²) in [5.74, 6) is 0. The molecular formula is C4H4Cl3N3. The van der Waals surface area contributed by atoms with Crippen molar-refractivity contribution in [1.29, 1.82) is 0 Å². The normalized spacial score (nSPS) is 22.8. The van der Waals surface area contributed by atoms with Crippen molar-refractivity contribution in [2.24, 2.45) is 9.98 Å². The first-order valence-electron chi connectivity index (χ1n) is 2.46. The van der Waals surface area contributed by atoms with E-state index in [1.165, 1.54) is 0 Å². The molecule has 0 atom stereocenters. The van der Waals surface area contributed by atoms with Crippen molar-refractivity contribution >= 4 is 45.4 Å². The molecule has 0 bridgehead atoms. The van der Waals surface area contributed by atoms with Crippen LogP contribution >= 0.6 is 34.8 Å². The van der Waals surface area contributed by atoms with Crippen LogP contribution in [0.2, 0.25) is 0 Å². The molecule has 0 fully saturated rings. The first-order valence-corrected chi connectivity index (χ1v) is 3.60. The molecule has 1 aliphatic rings. The Kier molecular flexibility index (Phi) is 2.08. The molecule has 0 unspecified atom stereocenters. The van der Waals surface area contributed by atoms with Crippen LogP contribution in [0.15, 0.2) is 9.98 Å². The van der Waals surface area contributed by atoms with Crippen LogP contribution in [0, 0.1) is 0 Å². The van der Waals surface area contributed by atoms with Crippen molar-refractivity contribution in [2.75, 3.05) is 0 Å². The van der Waals surface area contributed by atoms with E-state index in [1.54, 1.807) is 6.92 Å². The van der Waals surface area contributed by atoms with Crippen LogP contribution in [0.3, 0.4) is 0 Å². The van der Waals surface area contributed by atoms with E-state index in [1.807, 2.05) is 0 Å². The molecule has 6 heteroatoms. The summed E-state index contributed by atoms with van der Waals surface area (Å²) >= 11 is 16.6. The molecule has 0 spiro atoms. The molecule has 1 rings (SSSR count). The minimum absolute atomic E-state index is 0.150. The van der Waals surface area contributed by atoms with Crippen molar-refractivity contribution in [2.45, 2.75) is 12.0 Å². The second-order valence-electron chi connectivity index (χ2n) is 1.84. The molecule has 0 radical (unpaired) electrons. The molecule has 56 valence electrons. The Morgan fingerprint density at radius 3 is 2.00 bits per heavy atom. The molecule has 1 N–H and O–H groups in total. The molecule has 10 heavy (non-hydrogen) atoms. The molecule has 1 aliphatic heterocycles. The van der Waals surface area contributed by atoms with Crippen LogP contribution in [0.1, 0.15) is 6.92 Å². The lowest BCUT2D eigenvalue weighted by molar-refractivity contribution is 0.697. The number of rotatable bonds is 0. The molecular weight excluding hydrogens is 196 g/mol. The minimum atomic E-state index is -1.06. The van der Waals surface area contributed by atoms with Gasteiger partial charge in [0.15, 0.2) is 0 Å². The Morgan fingerprint density at radius 2 is 1.70 bits per heavy atom. The smallest absolute Gasteiger partial charge is 0.228 e. The number of nitrogens with zero attached hydrogens (tertiary/aromatic N) is 2. The minimum Gasteiger partial charge on any atom is -0.306 e. The van der Waals surface area contributed by atoms with E-state index in [-0.39, 0.29) is 10.6 Å². The van der Waals surface area contributed by atoms with Gasteiger partial charge < -0.3 is 5.32 Å². The van der Waals surface area contributed by atoms with Gasteiger partial charge in [-0.2, -0.15) is 0 Å². The summed E-state index contributed by atoms with van der Waals surface area (Å²) in [7, 11) is 0. The predicted molar refractivity (Wildman–Crippen MR) is 44.0 cm³/mol. The maximum absolute atomic E-state index is 5.68. The second kappa shape index (κ2) is 2.57. The molecule has 0 aliphatic carbocycles. The van der Waals surface area contributed by atoms with Crippen LogP contribution in [0.4, 0.5) is 0 Å². The van der Waals surface area contributed by atoms with Crippen molar-refractivity contribution in [3.05, 3.63) is 0 Å². The SMILES string of the molecule is CC1(Cl)N=C(Cl)NC(Cl)=N1. The lowest BCUT2D eigenvalue weighted by atomic mass is 10.6. The van der Waals surface area contributed by atoms with Gasteiger partial charge in [0.05, 0.1) is 0 Å². The van der Waals surface area contributed by atoms with Crippen LogP contribution in [-0.2, 0) is 0 Å². The summed E-state index contributed by atoms with van der Waals surface area (Å²) in [6.07, 6.45) is 0. The van der Waals surface area contributed by atoms with E-state index in [2.05, 4.69) is 15.3 Å². The van der Waals surface area contributed by atoms with Crippen LogP contribution < -0.4 is 5.32 Å². The first-order chi connectivity index (χ1) is 4.49. The third-order valence-corrected chi connectivity index (χ3v) is 1.34. The van der Waals surface area contributed by atoms with Crippen LogP contribution in [-0.4, -0.2) is 15.7 Å². The summed E-state index contributed by atoms with van der Waals surface area (Å²) in [5, 5.41) is 1.73. The number of hydrogen-bond donors (Lipinski definition) is 1. The highest BCUT2D eigenvalue weighted by Crippen LogP contribution is 2.21. The Balaban J connectivity index is 2.88. The fourth-order valence-corrected chi connectivity index (χ4v) is 1.34. The third kappa shape index (κ3) is 2.01. The average Bonchev–Trinajstić information content (AvgIpc) is 1.54. The van der Waals surface area contributed by atoms with Crippen molar-refractivity contribution in [3.8, 4) is 0 Å². The van der Waals surface area contributed by atoms with Crippen LogP contribution in [0.25, 0.3) is 0 Å². The number of aliphatic imine (C=N–C) groups is 2. The summed E-state index contributed by atoms with van der Waals surface area (Å²) < 4.78 is 0. The van der Waals surface area contributed by atoms with Crippen molar-refractivity contribution < 1.29 is 0 Å². The lowest BCUT2D eigenvalue weighted by Gasteiger charge is -2.17. The van der Waals surface area contributed by atoms with Gasteiger partial charge in [0.2, 0.25) is 15.7 Å². The van der Waals surface area contributed by atoms with E-state index in [9.17, 15) is 0 Å². The summed E-state index contributed by atoms with van der Waals surface area (Å²) in [4.78, 5) is 7.46. The summed E-state index contributed by atoms with van der Waals surface area (Å²) in [6.45, 7) is 1.58. The zero-order valence-electron chi connectivity index (χ0n) is 5.03. The molecule has 0 saturated heterocycles. The molecule has 3 nitrogen and oxygen atoms in total. The molecule has 0 aromatic carbocycles. The predicted octanol–water partition coefficient (Wildman–Crippen LogP) is 1.69. The maximum atomic E-state index is 5.68. The Morgan fingerprint density at radius 1 is 1.30 bits per heavy atom. The van der Waals surface area contributed by atoms with Gasteiger partial charge in [0, 0.05) is 0 Å². The maximum Gasteiger partial charge on any atom is 0.228 e. The highest BCUT2D eigenvalue weighted by molar-refractivity contribution is 6.73. The molecule has 1 heterocycles. The molecule has 0 aromatic rings. The van der Waals surface area contributed by atoms with Gasteiger partial charge in [-0.25, -0.2) is 9.98 Å². The third-order valence-electron chi connectivity index (χ3n) is 0.811. The summed E-state index contributed by atoms with van der Waals surface area (Å²) in [6, 6.07) is 0. The van der Waals surface area contributed by atoms with Gasteiger partial charge in [-0.1, -0.05) is 11.6 Å². The van der Waals surface area contributed by atoms with Gasteiger partial charge in [0.25, 0.3) is 0 Å². The highest BCUT2D eigenvalue weighted by Gasteiger charge is 2.23. The quantitative estimate of drug-likeness (QED) is 0.469. The number of alkyl halides is 1. The monoisotopic (exact) mass is 199 g/mol. The topological polar surface area (TPSA) is 36.8 Å². The van der Waals surface area contributed by atoms with E-state index in [0.29, 0.717) is 0 Å². The van der Waals surface area contributed by atoms with E-state index >= 15 is 0 Å². The summed E-state index contributed by atoms with van der Waals surface area (Å²) in [5.41, 5.74) is 0. The average molecular weight is 200 g/mol. The standard InChI is InChI=1S/C4H4Cl3N3/c1-4(7)9-2(5)8-3(6)10-4/h1H3,(H,8,9,10). The fourth-order valence-electron chi connectivity index (χ4n) is 0.524. The molecule has 0 saturated carbocycles. The number of hydrogen-bond acceptors (Lipinski definition) is 3. The lowest BCUT2D eigenvalue weighted by Crippen LogP contribution is -2.32. The Bertz CT molecular complexity index is 188. The van der Waals surface area contributed by atoms with Crippen molar-refractivity contribution in [1.82, 2.24) is 5.32 Å². The zero-order valence-corrected chi connectivity index (χ0v) is 7.30. The van der Waals surface area contributed by atoms with Gasteiger partial charge in [-0.3, -0.25) is 0 Å². The van der Waals surface area contributed by atoms with Gasteiger partial charge in [0.1, 0.15) is 0 Å². The highest BCUT2D eigenvalue weighted by atomic mass is 35.5.